The highest BCUT2D eigenvalue weighted by molar-refractivity contribution is 7.13. The number of carbonyl (C=O) groups excluding carboxylic acids is 5. The maximum Gasteiger partial charge on any atom is 0.248 e. The predicted molar refractivity (Wildman–Crippen MR) is 162 cm³/mol. The number of hydrogen-bond donors (Lipinski definition) is 6. The molecule has 13 heteroatoms. The SMILES string of the molecule is C[C@@H](O)[C@H](NC(=O)/C=C/c1ccccc1)C(=O)N[C@@H](Cc1ccccc1)C(=O)N[C@@H](CCC(N)=O)C(=O)Nc1nccs1. The second-order valence-electron chi connectivity index (χ2n) is 9.61. The largest absolute Gasteiger partial charge is 0.391 e. The van der Waals surface area contributed by atoms with Crippen molar-refractivity contribution in [2.24, 2.45) is 5.73 Å². The van der Waals surface area contributed by atoms with Crippen molar-refractivity contribution in [3.05, 3.63) is 89.4 Å². The van der Waals surface area contributed by atoms with E-state index in [9.17, 15) is 29.1 Å². The highest BCUT2D eigenvalue weighted by atomic mass is 32.1. The Morgan fingerprint density at radius 1 is 0.907 bits per heavy atom. The van der Waals surface area contributed by atoms with Crippen LogP contribution in [-0.2, 0) is 30.4 Å². The van der Waals surface area contributed by atoms with E-state index in [0.29, 0.717) is 10.7 Å². The molecule has 2 aromatic carbocycles. The quantitative estimate of drug-likeness (QED) is 0.140. The minimum Gasteiger partial charge on any atom is -0.391 e. The summed E-state index contributed by atoms with van der Waals surface area (Å²) < 4.78 is 0. The number of aliphatic hydroxyl groups is 1. The van der Waals surface area contributed by atoms with Gasteiger partial charge in [-0.25, -0.2) is 4.98 Å². The Morgan fingerprint density at radius 2 is 1.56 bits per heavy atom. The van der Waals surface area contributed by atoms with E-state index in [1.165, 1.54) is 30.5 Å². The highest BCUT2D eigenvalue weighted by Gasteiger charge is 2.32. The first kappa shape index (κ1) is 32.6. The van der Waals surface area contributed by atoms with Gasteiger partial charge in [0, 0.05) is 30.5 Å². The van der Waals surface area contributed by atoms with Gasteiger partial charge in [-0.1, -0.05) is 60.7 Å². The van der Waals surface area contributed by atoms with E-state index in [1.54, 1.807) is 53.9 Å². The smallest absolute Gasteiger partial charge is 0.248 e. The number of hydrogen-bond acceptors (Lipinski definition) is 8. The number of nitrogens with two attached hydrogens (primary N) is 1. The molecule has 7 N–H and O–H groups in total. The van der Waals surface area contributed by atoms with Crippen LogP contribution in [0.2, 0.25) is 0 Å². The van der Waals surface area contributed by atoms with Crippen LogP contribution in [0.4, 0.5) is 5.13 Å². The number of benzene rings is 2. The Balaban J connectivity index is 1.77. The molecule has 43 heavy (non-hydrogen) atoms. The van der Waals surface area contributed by atoms with Crippen molar-refractivity contribution in [2.45, 2.75) is 50.4 Å². The molecule has 0 fully saturated rings. The Bertz CT molecular complexity index is 1400. The molecule has 226 valence electrons. The Hall–Kier alpha value is -4.88. The minimum absolute atomic E-state index is 0.0312. The van der Waals surface area contributed by atoms with Crippen LogP contribution in [0.3, 0.4) is 0 Å². The van der Waals surface area contributed by atoms with Crippen molar-refractivity contribution in [3.63, 3.8) is 0 Å². The second kappa shape index (κ2) is 16.5. The third kappa shape index (κ3) is 11.1. The van der Waals surface area contributed by atoms with E-state index >= 15 is 0 Å². The molecule has 5 amide bonds. The molecule has 0 aliphatic rings. The lowest BCUT2D eigenvalue weighted by Gasteiger charge is -2.26. The lowest BCUT2D eigenvalue weighted by atomic mass is 10.0. The van der Waals surface area contributed by atoms with Crippen LogP contribution in [-0.4, -0.2) is 63.9 Å². The minimum atomic E-state index is -1.39. The van der Waals surface area contributed by atoms with E-state index in [4.69, 9.17) is 5.73 Å². The van der Waals surface area contributed by atoms with Crippen LogP contribution < -0.4 is 27.0 Å². The lowest BCUT2D eigenvalue weighted by Crippen LogP contribution is -2.59. The number of primary amides is 1. The molecule has 0 saturated heterocycles. The van der Waals surface area contributed by atoms with Gasteiger partial charge in [0.05, 0.1) is 6.10 Å². The van der Waals surface area contributed by atoms with Gasteiger partial charge >= 0.3 is 0 Å². The van der Waals surface area contributed by atoms with Crippen LogP contribution in [0.15, 0.2) is 78.3 Å². The number of aliphatic hydroxyl groups excluding tert-OH is 1. The van der Waals surface area contributed by atoms with E-state index in [-0.39, 0.29) is 19.3 Å². The monoisotopic (exact) mass is 606 g/mol. The summed E-state index contributed by atoms with van der Waals surface area (Å²) in [5.41, 5.74) is 6.74. The molecule has 0 aliphatic heterocycles. The molecule has 3 aromatic rings. The number of thiazole rings is 1. The van der Waals surface area contributed by atoms with Crippen molar-refractivity contribution in [1.82, 2.24) is 20.9 Å². The van der Waals surface area contributed by atoms with Gasteiger partial charge in [0.1, 0.15) is 18.1 Å². The second-order valence-corrected chi connectivity index (χ2v) is 10.5. The lowest BCUT2D eigenvalue weighted by molar-refractivity contribution is -0.134. The molecule has 0 spiro atoms. The van der Waals surface area contributed by atoms with Crippen LogP contribution in [0, 0.1) is 0 Å². The normalized spacial score (nSPS) is 13.7. The van der Waals surface area contributed by atoms with E-state index in [1.807, 2.05) is 18.2 Å². The molecular formula is C30H34N6O6S. The maximum absolute atomic E-state index is 13.5. The van der Waals surface area contributed by atoms with Crippen molar-refractivity contribution >= 4 is 52.1 Å². The molecule has 1 heterocycles. The first-order valence-electron chi connectivity index (χ1n) is 13.5. The molecular weight excluding hydrogens is 572 g/mol. The van der Waals surface area contributed by atoms with Crippen LogP contribution in [0.25, 0.3) is 6.08 Å². The number of rotatable bonds is 15. The number of nitrogens with one attached hydrogen (secondary N) is 4. The van der Waals surface area contributed by atoms with Gasteiger partial charge in [-0.2, -0.15) is 0 Å². The molecule has 0 saturated carbocycles. The van der Waals surface area contributed by atoms with Crippen molar-refractivity contribution in [2.75, 3.05) is 5.32 Å². The highest BCUT2D eigenvalue weighted by Crippen LogP contribution is 2.12. The number of carbonyl (C=O) groups is 5. The van der Waals surface area contributed by atoms with E-state index in [0.717, 1.165) is 5.56 Å². The zero-order chi connectivity index (χ0) is 31.2. The fourth-order valence-corrected chi connectivity index (χ4v) is 4.50. The van der Waals surface area contributed by atoms with Gasteiger partial charge < -0.3 is 32.1 Å². The summed E-state index contributed by atoms with van der Waals surface area (Å²) in [7, 11) is 0. The summed E-state index contributed by atoms with van der Waals surface area (Å²) in [6.45, 7) is 1.33. The zero-order valence-electron chi connectivity index (χ0n) is 23.4. The van der Waals surface area contributed by atoms with Crippen LogP contribution in [0.5, 0.6) is 0 Å². The fourth-order valence-electron chi connectivity index (χ4n) is 3.97. The summed E-state index contributed by atoms with van der Waals surface area (Å²) in [5, 5.41) is 22.5. The summed E-state index contributed by atoms with van der Waals surface area (Å²) in [5.74, 6) is -3.44. The molecule has 3 rings (SSSR count). The molecule has 0 aliphatic carbocycles. The van der Waals surface area contributed by atoms with Crippen molar-refractivity contribution < 1.29 is 29.1 Å². The van der Waals surface area contributed by atoms with Gasteiger partial charge in [-0.15, -0.1) is 11.3 Å². The summed E-state index contributed by atoms with van der Waals surface area (Å²) in [4.78, 5) is 67.8. The third-order valence-electron chi connectivity index (χ3n) is 6.18. The van der Waals surface area contributed by atoms with Gasteiger partial charge in [-0.3, -0.25) is 24.0 Å². The first-order valence-corrected chi connectivity index (χ1v) is 14.4. The van der Waals surface area contributed by atoms with Gasteiger partial charge in [0.15, 0.2) is 5.13 Å². The van der Waals surface area contributed by atoms with Crippen LogP contribution >= 0.6 is 11.3 Å². The van der Waals surface area contributed by atoms with Crippen molar-refractivity contribution in [3.8, 4) is 0 Å². The predicted octanol–water partition coefficient (Wildman–Crippen LogP) is 1.14. The number of nitrogens with zero attached hydrogens (tertiary/aromatic N) is 1. The van der Waals surface area contributed by atoms with Crippen LogP contribution in [0.1, 0.15) is 30.9 Å². The summed E-state index contributed by atoms with van der Waals surface area (Å²) in [6, 6.07) is 14.1. The van der Waals surface area contributed by atoms with E-state index in [2.05, 4.69) is 26.3 Å². The summed E-state index contributed by atoms with van der Waals surface area (Å²) >= 11 is 1.17. The standard InChI is InChI=1S/C30H34N6O6S/c1-19(37)26(35-25(39)15-12-20-8-4-2-5-9-20)29(42)34-23(18-21-10-6-3-7-11-21)28(41)33-22(13-14-24(31)38)27(40)36-30-32-16-17-43-30/h2-12,15-17,19,22-23,26,37H,13-14,18H2,1H3,(H2,31,38)(H,33,41)(H,34,42)(H,35,39)(H,32,36,40)/b15-12+/t19-,22+,23+,26+/m1/s1. The topological polar surface area (TPSA) is 193 Å². The number of anilines is 1. The average Bonchev–Trinajstić information content (AvgIpc) is 3.50. The van der Waals surface area contributed by atoms with Crippen molar-refractivity contribution in [1.29, 1.82) is 0 Å². The average molecular weight is 607 g/mol. The van der Waals surface area contributed by atoms with E-state index < -0.39 is 53.8 Å². The molecule has 0 bridgehead atoms. The van der Waals surface area contributed by atoms with Gasteiger partial charge in [-0.05, 0) is 30.5 Å². The molecule has 0 unspecified atom stereocenters. The van der Waals surface area contributed by atoms with Gasteiger partial charge in [0.2, 0.25) is 29.5 Å². The summed E-state index contributed by atoms with van der Waals surface area (Å²) in [6.07, 6.45) is 2.74. The maximum atomic E-state index is 13.5. The Morgan fingerprint density at radius 3 is 2.16 bits per heavy atom. The third-order valence-corrected chi connectivity index (χ3v) is 6.87. The molecule has 0 radical (unpaired) electrons. The fraction of sp³-hybridized carbons (Fsp3) is 0.267. The molecule has 1 aromatic heterocycles. The van der Waals surface area contributed by atoms with Gasteiger partial charge in [0.25, 0.3) is 0 Å². The molecule has 12 nitrogen and oxygen atoms in total. The molecule has 4 atom stereocenters. The Kier molecular flexibility index (Phi) is 12.5. The zero-order valence-corrected chi connectivity index (χ0v) is 24.3. The Labute approximate surface area is 252 Å². The first-order chi connectivity index (χ1) is 20.6. The number of aromatic nitrogens is 1. The number of amides is 5.